The molecule has 6 atom stereocenters. The molecule has 0 spiro atoms. The zero-order valence-corrected chi connectivity index (χ0v) is 42.1. The Hall–Kier alpha value is -6.00. The summed E-state index contributed by atoms with van der Waals surface area (Å²) < 4.78 is 51.9. The number of carbonyl (C=O) groups excluding carboxylic acids is 6. The van der Waals surface area contributed by atoms with Gasteiger partial charge in [-0.25, -0.2) is 9.97 Å². The molecular weight excluding hydrogens is 952 g/mol. The molecule has 4 heterocycles. The number of benzene rings is 1. The minimum Gasteiger partial charge on any atom is -0.379 e. The number of nitrogens with zero attached hydrogens (tertiary/aromatic N) is 5. The lowest BCUT2D eigenvalue weighted by atomic mass is 9.82. The molecule has 6 amide bonds. The molecule has 3 aromatic rings. The molecule has 6 N–H and O–H groups in total. The minimum absolute atomic E-state index is 0.0708. The van der Waals surface area contributed by atoms with Crippen molar-refractivity contribution >= 4 is 52.2 Å². The monoisotopic (exact) mass is 1020 g/mol. The average molecular weight is 1020 g/mol. The number of nitrogens with one attached hydrogen (secondary N) is 6. The van der Waals surface area contributed by atoms with Crippen LogP contribution in [0.1, 0.15) is 109 Å². The number of alkyl halides is 3. The van der Waals surface area contributed by atoms with Crippen molar-refractivity contribution < 1.29 is 51.4 Å². The van der Waals surface area contributed by atoms with E-state index < -0.39 is 29.7 Å². The summed E-state index contributed by atoms with van der Waals surface area (Å²) in [4.78, 5) is 94.2. The Morgan fingerprint density at radius 1 is 0.808 bits per heavy atom. The van der Waals surface area contributed by atoms with Crippen molar-refractivity contribution in [1.82, 2.24) is 51.3 Å². The molecular formula is C51H70F3N11O8. The second-order valence-electron chi connectivity index (χ2n) is 20.6. The van der Waals surface area contributed by atoms with E-state index in [-0.39, 0.29) is 141 Å². The molecule has 2 aromatic heterocycles. The number of amides is 6. The van der Waals surface area contributed by atoms with Gasteiger partial charge in [0.15, 0.2) is 0 Å². The van der Waals surface area contributed by atoms with Gasteiger partial charge in [-0.1, -0.05) is 6.07 Å². The van der Waals surface area contributed by atoms with E-state index in [0.717, 1.165) is 24.1 Å². The Morgan fingerprint density at radius 2 is 1.56 bits per heavy atom. The molecule has 4 fully saturated rings. The van der Waals surface area contributed by atoms with Gasteiger partial charge in [-0.3, -0.25) is 33.8 Å². The molecule has 0 radical (unpaired) electrons. The Balaban J connectivity index is 0.767. The van der Waals surface area contributed by atoms with Crippen molar-refractivity contribution in [2.45, 2.75) is 139 Å². The Morgan fingerprint density at radius 3 is 2.29 bits per heavy atom. The van der Waals surface area contributed by atoms with Gasteiger partial charge in [-0.05, 0) is 102 Å². The first kappa shape index (κ1) is 54.8. The maximum atomic E-state index is 14.0. The van der Waals surface area contributed by atoms with Gasteiger partial charge in [0, 0.05) is 87.3 Å². The highest BCUT2D eigenvalue weighted by Gasteiger charge is 2.45. The maximum Gasteiger partial charge on any atom is 0.416 e. The second-order valence-corrected chi connectivity index (χ2v) is 20.6. The number of aromatic nitrogens is 3. The largest absolute Gasteiger partial charge is 0.416 e. The summed E-state index contributed by atoms with van der Waals surface area (Å²) in [7, 11) is 1.67. The molecule has 1 aromatic carbocycles. The molecule has 7 rings (SSSR count). The molecule has 2 aliphatic carbocycles. The summed E-state index contributed by atoms with van der Waals surface area (Å²) in [5.41, 5.74) is 0.101. The van der Waals surface area contributed by atoms with E-state index >= 15 is 0 Å². The number of hydrogen-bond acceptors (Lipinski definition) is 13. The van der Waals surface area contributed by atoms with Crippen molar-refractivity contribution in [3.63, 3.8) is 0 Å². The molecule has 0 bridgehead atoms. The molecule has 2 saturated heterocycles. The van der Waals surface area contributed by atoms with E-state index in [4.69, 9.17) is 9.47 Å². The van der Waals surface area contributed by atoms with E-state index in [1.807, 2.05) is 11.0 Å². The van der Waals surface area contributed by atoms with E-state index in [1.165, 1.54) is 12.4 Å². The van der Waals surface area contributed by atoms with Crippen LogP contribution in [-0.4, -0.2) is 149 Å². The molecule has 22 heteroatoms. The molecule has 19 nitrogen and oxygen atoms in total. The predicted molar refractivity (Wildman–Crippen MR) is 263 cm³/mol. The average Bonchev–Trinajstić information content (AvgIpc) is 3.86. The smallest absolute Gasteiger partial charge is 0.379 e. The van der Waals surface area contributed by atoms with Crippen LogP contribution in [-0.2, 0) is 44.4 Å². The lowest BCUT2D eigenvalue weighted by Gasteiger charge is -2.43. The van der Waals surface area contributed by atoms with Crippen molar-refractivity contribution in [3.8, 4) is 0 Å². The van der Waals surface area contributed by atoms with Gasteiger partial charge in [-0.15, -0.1) is 0 Å². The summed E-state index contributed by atoms with van der Waals surface area (Å²) in [5.74, 6) is -1.76. The number of anilines is 1. The third-order valence-electron chi connectivity index (χ3n) is 14.2. The third kappa shape index (κ3) is 15.1. The van der Waals surface area contributed by atoms with Crippen LogP contribution in [0.2, 0.25) is 0 Å². The summed E-state index contributed by atoms with van der Waals surface area (Å²) in [5, 5.41) is 18.9. The van der Waals surface area contributed by atoms with Crippen molar-refractivity contribution in [3.05, 3.63) is 60.2 Å². The van der Waals surface area contributed by atoms with Gasteiger partial charge in [-0.2, -0.15) is 13.2 Å². The topological polar surface area (TPSA) is 238 Å². The molecule has 2 saturated carbocycles. The van der Waals surface area contributed by atoms with Crippen LogP contribution in [0, 0.1) is 11.8 Å². The number of fused-ring (bicyclic) bond motifs is 1. The molecule has 0 unspecified atom stereocenters. The molecule has 398 valence electrons. The van der Waals surface area contributed by atoms with Gasteiger partial charge >= 0.3 is 6.18 Å². The maximum absolute atomic E-state index is 14.0. The summed E-state index contributed by atoms with van der Waals surface area (Å²) in [6, 6.07) is 5.16. The highest BCUT2D eigenvalue weighted by molar-refractivity contribution is 5.94. The molecule has 4 aliphatic rings. The van der Waals surface area contributed by atoms with Crippen LogP contribution in [0.3, 0.4) is 0 Å². The van der Waals surface area contributed by atoms with Crippen LogP contribution < -0.4 is 31.9 Å². The Bertz CT molecular complexity index is 2400. The van der Waals surface area contributed by atoms with Gasteiger partial charge in [0.05, 0.1) is 61.6 Å². The Labute approximate surface area is 423 Å². The highest BCUT2D eigenvalue weighted by Crippen LogP contribution is 2.37. The van der Waals surface area contributed by atoms with Crippen LogP contribution in [0.25, 0.3) is 10.9 Å². The molecule has 2 aliphatic heterocycles. The number of hydrogen-bond donors (Lipinski definition) is 6. The fourth-order valence-corrected chi connectivity index (χ4v) is 10.6. The summed E-state index contributed by atoms with van der Waals surface area (Å²) in [6.07, 6.45) is 5.25. The van der Waals surface area contributed by atoms with E-state index in [2.05, 4.69) is 67.6 Å². The van der Waals surface area contributed by atoms with Crippen LogP contribution in [0.4, 0.5) is 19.0 Å². The number of rotatable bonds is 21. The van der Waals surface area contributed by atoms with Crippen LogP contribution >= 0.6 is 0 Å². The van der Waals surface area contributed by atoms with Gasteiger partial charge in [0.2, 0.25) is 35.4 Å². The van der Waals surface area contributed by atoms with E-state index in [1.54, 1.807) is 30.4 Å². The first-order valence-electron chi connectivity index (χ1n) is 25.5. The second kappa shape index (κ2) is 24.8. The van der Waals surface area contributed by atoms with Crippen molar-refractivity contribution in [2.24, 2.45) is 11.8 Å². The number of pyridine rings is 1. The lowest BCUT2D eigenvalue weighted by molar-refractivity contribution is -0.137. The zero-order valence-electron chi connectivity index (χ0n) is 42.1. The van der Waals surface area contributed by atoms with Crippen molar-refractivity contribution in [2.75, 3.05) is 58.4 Å². The summed E-state index contributed by atoms with van der Waals surface area (Å²) >= 11 is 0. The number of ether oxygens (including phenoxy) is 2. The first-order valence-corrected chi connectivity index (χ1v) is 25.5. The first-order chi connectivity index (χ1) is 34.8. The van der Waals surface area contributed by atoms with E-state index in [9.17, 15) is 41.9 Å². The molecule has 73 heavy (non-hydrogen) atoms. The quantitative estimate of drug-likeness (QED) is 0.0835. The lowest BCUT2D eigenvalue weighted by Crippen LogP contribution is -2.60. The number of carbonyl (C=O) groups is 6. The van der Waals surface area contributed by atoms with Crippen molar-refractivity contribution in [1.29, 1.82) is 0 Å². The minimum atomic E-state index is -4.56. The third-order valence-corrected chi connectivity index (χ3v) is 14.2. The van der Waals surface area contributed by atoms with Crippen LogP contribution in [0.5, 0.6) is 0 Å². The summed E-state index contributed by atoms with van der Waals surface area (Å²) in [6.45, 7) is 8.08. The number of halogens is 3. The zero-order chi connectivity index (χ0) is 52.3. The predicted octanol–water partition coefficient (Wildman–Crippen LogP) is 3.79. The van der Waals surface area contributed by atoms with Gasteiger partial charge in [0.1, 0.15) is 18.2 Å². The fourth-order valence-electron chi connectivity index (χ4n) is 10.6. The Kier molecular flexibility index (Phi) is 18.6. The van der Waals surface area contributed by atoms with E-state index in [0.29, 0.717) is 57.0 Å². The number of likely N-dealkylation sites (tertiary alicyclic amines) is 2. The van der Waals surface area contributed by atoms with Crippen LogP contribution in [0.15, 0.2) is 49.1 Å². The van der Waals surface area contributed by atoms with Gasteiger partial charge < -0.3 is 51.2 Å². The fraction of sp³-hybridized carbons (Fsp3) is 0.627. The normalized spacial score (nSPS) is 24.6. The highest BCUT2D eigenvalue weighted by atomic mass is 19.4. The standard InChI is InChI=1S/C51H70F3N11O8/c1-50(2,3)63-35-12-14-41(65-21-16-39(49(65)71)61-46-36-26-33(51(52,53)54)9-13-38(36)58-30-59-46)40(27-35)62-47(69)31-7-10-34(11-8-31)60-43(67)17-22-72-24-25-73-23-20-56-42(66)15-19-57-48(70)37-28-44(68)64(4)45(37)32-6-5-18-55-29-32/h5-6,9,13,18,26,29-31,34-35,37,39-41,45,63H,7-8,10-12,14-17,19-25,27-28H2,1-4H3,(H,56,66)(H,57,70)(H,60,67)(H,62,69)(H,58,59,61)/t31-,34+,35-,37+,39+,40-,41+,45-/m1/s1. The van der Waals surface area contributed by atoms with Gasteiger partial charge in [0.25, 0.3) is 0 Å². The SMILES string of the molecule is CN1C(=O)C[C@H](C(=O)NCCC(=O)NCCOCCOCCC(=O)N[C@H]2CC[C@@H](C(=O)N[C@@H]3C[C@H](NC(C)(C)C)CC[C@@H]3N3CC[C@H](Nc4ncnc5ccc(C(F)(F)F)cc45)C3=O)CC2)[C@H]1c1cccnc1.